The van der Waals surface area contributed by atoms with E-state index in [1.165, 1.54) is 0 Å². The first-order valence-corrected chi connectivity index (χ1v) is 11.0. The number of benzene rings is 2. The lowest BCUT2D eigenvalue weighted by atomic mass is 10.1. The van der Waals surface area contributed by atoms with Gasteiger partial charge >= 0.3 is 0 Å². The van der Waals surface area contributed by atoms with E-state index in [0.29, 0.717) is 28.8 Å². The Kier molecular flexibility index (Phi) is 7.08. The second-order valence-electron chi connectivity index (χ2n) is 7.66. The molecule has 2 aromatic carbocycles. The minimum absolute atomic E-state index is 0.246. The van der Waals surface area contributed by atoms with Crippen molar-refractivity contribution in [3.05, 3.63) is 94.5 Å². The summed E-state index contributed by atoms with van der Waals surface area (Å²) in [7, 11) is 1.58. The van der Waals surface area contributed by atoms with Crippen molar-refractivity contribution in [3.63, 3.8) is 0 Å². The summed E-state index contributed by atoms with van der Waals surface area (Å²) < 4.78 is 13.0. The van der Waals surface area contributed by atoms with Gasteiger partial charge in [-0.25, -0.2) is 4.68 Å². The molecule has 1 unspecified atom stereocenters. The molecule has 9 heteroatoms. The molecule has 0 saturated carbocycles. The molecule has 0 radical (unpaired) electrons. The van der Waals surface area contributed by atoms with Crippen LogP contribution in [0, 0.1) is 6.92 Å². The molecule has 2 aromatic heterocycles. The molecule has 8 nitrogen and oxygen atoms in total. The Hall–Kier alpha value is -3.91. The number of ether oxygens (including phenoxy) is 2. The molecule has 1 amide bonds. The summed E-state index contributed by atoms with van der Waals surface area (Å²) in [5.74, 6) is 0.868. The number of rotatable bonds is 8. The molecule has 1 atom stereocenters. The van der Waals surface area contributed by atoms with Crippen molar-refractivity contribution in [3.8, 4) is 17.2 Å². The molecule has 4 aromatic rings. The summed E-state index contributed by atoms with van der Waals surface area (Å²) >= 11 is 6.08. The van der Waals surface area contributed by atoms with Crippen LogP contribution in [-0.4, -0.2) is 33.0 Å². The third-order valence-electron chi connectivity index (χ3n) is 5.34. The minimum Gasteiger partial charge on any atom is -0.493 e. The van der Waals surface area contributed by atoms with Crippen molar-refractivity contribution in [2.75, 3.05) is 7.11 Å². The Morgan fingerprint density at radius 2 is 1.91 bits per heavy atom. The molecule has 0 bridgehead atoms. The number of amides is 1. The highest BCUT2D eigenvalue weighted by Gasteiger charge is 2.20. The SMILES string of the molecule is COc1cc(C(C)NC(=O)c2nnn(-c3cccc(Cl)c3)c2C)ccc1OCc1ccncc1. The van der Waals surface area contributed by atoms with Gasteiger partial charge in [0, 0.05) is 17.4 Å². The number of carbonyl (C=O) groups is 1. The first kappa shape index (κ1) is 23.3. The summed E-state index contributed by atoms with van der Waals surface area (Å²) in [6.45, 7) is 4.07. The molecule has 0 aliphatic carbocycles. The number of carbonyl (C=O) groups excluding carboxylic acids is 1. The zero-order chi connectivity index (χ0) is 24.1. The minimum atomic E-state index is -0.324. The van der Waals surface area contributed by atoms with Crippen molar-refractivity contribution < 1.29 is 14.3 Å². The van der Waals surface area contributed by atoms with E-state index in [1.54, 1.807) is 43.2 Å². The van der Waals surface area contributed by atoms with E-state index in [1.807, 2.05) is 49.4 Å². The highest BCUT2D eigenvalue weighted by molar-refractivity contribution is 6.30. The van der Waals surface area contributed by atoms with E-state index in [4.69, 9.17) is 21.1 Å². The number of hydrogen-bond donors (Lipinski definition) is 1. The number of hydrogen-bond acceptors (Lipinski definition) is 6. The van der Waals surface area contributed by atoms with Crippen LogP contribution >= 0.6 is 11.6 Å². The fourth-order valence-corrected chi connectivity index (χ4v) is 3.64. The zero-order valence-electron chi connectivity index (χ0n) is 19.0. The van der Waals surface area contributed by atoms with Crippen molar-refractivity contribution >= 4 is 17.5 Å². The largest absolute Gasteiger partial charge is 0.493 e. The molecule has 2 heterocycles. The number of aromatic nitrogens is 4. The Morgan fingerprint density at radius 3 is 2.65 bits per heavy atom. The molecular weight excluding hydrogens is 454 g/mol. The van der Waals surface area contributed by atoms with Gasteiger partial charge in [-0.3, -0.25) is 9.78 Å². The maximum Gasteiger partial charge on any atom is 0.274 e. The third-order valence-corrected chi connectivity index (χ3v) is 5.58. The number of methoxy groups -OCH3 is 1. The number of nitrogens with one attached hydrogen (secondary N) is 1. The maximum absolute atomic E-state index is 12.9. The summed E-state index contributed by atoms with van der Waals surface area (Å²) in [5, 5.41) is 11.7. The third kappa shape index (κ3) is 5.18. The lowest BCUT2D eigenvalue weighted by Crippen LogP contribution is -2.27. The van der Waals surface area contributed by atoms with Crippen molar-refractivity contribution in [2.24, 2.45) is 0 Å². The first-order valence-electron chi connectivity index (χ1n) is 10.6. The number of nitrogens with zero attached hydrogens (tertiary/aromatic N) is 4. The lowest BCUT2D eigenvalue weighted by Gasteiger charge is -2.17. The topological polar surface area (TPSA) is 91.2 Å². The van der Waals surface area contributed by atoms with Crippen LogP contribution in [0.15, 0.2) is 67.0 Å². The Labute approximate surface area is 202 Å². The van der Waals surface area contributed by atoms with Crippen LogP contribution in [0.2, 0.25) is 5.02 Å². The van der Waals surface area contributed by atoms with Gasteiger partial charge in [0.05, 0.1) is 24.5 Å². The second kappa shape index (κ2) is 10.4. The smallest absolute Gasteiger partial charge is 0.274 e. The predicted molar refractivity (Wildman–Crippen MR) is 129 cm³/mol. The van der Waals surface area contributed by atoms with Crippen LogP contribution in [0.25, 0.3) is 5.69 Å². The fraction of sp³-hybridized carbons (Fsp3) is 0.200. The fourth-order valence-electron chi connectivity index (χ4n) is 3.45. The maximum atomic E-state index is 12.9. The average Bonchev–Trinajstić information content (AvgIpc) is 3.24. The summed E-state index contributed by atoms with van der Waals surface area (Å²) in [4.78, 5) is 16.9. The van der Waals surface area contributed by atoms with Crippen LogP contribution < -0.4 is 14.8 Å². The Morgan fingerprint density at radius 1 is 1.12 bits per heavy atom. The van der Waals surface area contributed by atoms with Crippen LogP contribution in [0.1, 0.15) is 40.3 Å². The molecule has 0 aliphatic rings. The van der Waals surface area contributed by atoms with Gasteiger partial charge in [0.15, 0.2) is 17.2 Å². The van der Waals surface area contributed by atoms with Gasteiger partial charge < -0.3 is 14.8 Å². The molecule has 174 valence electrons. The van der Waals surface area contributed by atoms with Gasteiger partial charge in [0.25, 0.3) is 5.91 Å². The Balaban J connectivity index is 1.46. The lowest BCUT2D eigenvalue weighted by molar-refractivity contribution is 0.0934. The van der Waals surface area contributed by atoms with E-state index in [-0.39, 0.29) is 17.6 Å². The van der Waals surface area contributed by atoms with Gasteiger partial charge in [0.2, 0.25) is 0 Å². The van der Waals surface area contributed by atoms with Gasteiger partial charge in [-0.15, -0.1) is 5.10 Å². The van der Waals surface area contributed by atoms with Gasteiger partial charge in [-0.1, -0.05) is 28.9 Å². The zero-order valence-corrected chi connectivity index (χ0v) is 19.8. The first-order chi connectivity index (χ1) is 16.5. The summed E-state index contributed by atoms with van der Waals surface area (Å²) in [5.41, 5.74) is 3.46. The molecule has 4 rings (SSSR count). The van der Waals surface area contributed by atoms with Gasteiger partial charge in [-0.2, -0.15) is 0 Å². The van der Waals surface area contributed by atoms with Gasteiger partial charge in [-0.05, 0) is 67.4 Å². The van der Waals surface area contributed by atoms with Crippen LogP contribution in [0.5, 0.6) is 11.5 Å². The summed E-state index contributed by atoms with van der Waals surface area (Å²) in [6.07, 6.45) is 3.44. The molecular formula is C25H24ClN5O3. The summed E-state index contributed by atoms with van der Waals surface area (Å²) in [6, 6.07) is 16.3. The van der Waals surface area contributed by atoms with E-state index in [2.05, 4.69) is 20.6 Å². The standard InChI is InChI=1S/C25H24ClN5O3/c1-16(19-7-8-22(23(13-19)33-3)34-15-18-9-11-27-12-10-18)28-25(32)24-17(2)31(30-29-24)21-6-4-5-20(26)14-21/h4-14,16H,15H2,1-3H3,(H,28,32). The van der Waals surface area contributed by atoms with E-state index in [0.717, 1.165) is 16.8 Å². The van der Waals surface area contributed by atoms with E-state index in [9.17, 15) is 4.79 Å². The average molecular weight is 478 g/mol. The number of pyridine rings is 1. The van der Waals surface area contributed by atoms with Crippen molar-refractivity contribution in [1.29, 1.82) is 0 Å². The van der Waals surface area contributed by atoms with Crippen molar-refractivity contribution in [2.45, 2.75) is 26.5 Å². The normalized spacial score (nSPS) is 11.6. The van der Waals surface area contributed by atoms with E-state index >= 15 is 0 Å². The molecule has 1 N–H and O–H groups in total. The predicted octanol–water partition coefficient (Wildman–Crippen LogP) is 4.70. The molecule has 0 spiro atoms. The quantitative estimate of drug-likeness (QED) is 0.395. The highest BCUT2D eigenvalue weighted by atomic mass is 35.5. The van der Waals surface area contributed by atoms with Crippen LogP contribution in [0.3, 0.4) is 0 Å². The molecule has 0 fully saturated rings. The molecule has 0 aliphatic heterocycles. The van der Waals surface area contributed by atoms with Crippen LogP contribution in [-0.2, 0) is 6.61 Å². The molecule has 34 heavy (non-hydrogen) atoms. The van der Waals surface area contributed by atoms with Crippen LogP contribution in [0.4, 0.5) is 0 Å². The molecule has 0 saturated heterocycles. The second-order valence-corrected chi connectivity index (χ2v) is 8.10. The van der Waals surface area contributed by atoms with E-state index < -0.39 is 0 Å². The van der Waals surface area contributed by atoms with Crippen molar-refractivity contribution in [1.82, 2.24) is 25.3 Å². The van der Waals surface area contributed by atoms with Gasteiger partial charge in [0.1, 0.15) is 6.61 Å². The number of halogens is 1. The Bertz CT molecular complexity index is 1290. The highest BCUT2D eigenvalue weighted by Crippen LogP contribution is 2.31. The monoisotopic (exact) mass is 477 g/mol.